The van der Waals surface area contributed by atoms with Gasteiger partial charge in [0.05, 0.1) is 0 Å². The van der Waals surface area contributed by atoms with Crippen molar-refractivity contribution in [1.82, 2.24) is 5.32 Å². The topological polar surface area (TPSA) is 66.4 Å². The Bertz CT molecular complexity index is 251. The van der Waals surface area contributed by atoms with Crippen LogP contribution in [0.15, 0.2) is 0 Å². The maximum absolute atomic E-state index is 12.0. The highest BCUT2D eigenvalue weighted by Gasteiger charge is 2.22. The van der Waals surface area contributed by atoms with E-state index in [4.69, 9.17) is 5.11 Å². The Morgan fingerprint density at radius 2 is 1.76 bits per heavy atom. The summed E-state index contributed by atoms with van der Waals surface area (Å²) in [5.41, 5.74) is 0. The van der Waals surface area contributed by atoms with Crippen molar-refractivity contribution >= 4 is 11.9 Å². The Morgan fingerprint density at radius 3 is 2.18 bits per heavy atom. The van der Waals surface area contributed by atoms with Gasteiger partial charge in [-0.25, -0.2) is 0 Å². The van der Waals surface area contributed by atoms with Crippen LogP contribution < -0.4 is 5.32 Å². The van der Waals surface area contributed by atoms with Crippen LogP contribution in [0.3, 0.4) is 0 Å². The Labute approximate surface area is 104 Å². The number of carbonyl (C=O) groups is 2. The predicted molar refractivity (Wildman–Crippen MR) is 67.7 cm³/mol. The number of hydrogen-bond donors (Lipinski definition) is 2. The second-order valence-corrected chi connectivity index (χ2v) is 4.98. The van der Waals surface area contributed by atoms with Crippen LogP contribution in [-0.4, -0.2) is 23.0 Å². The molecule has 2 unspecified atom stereocenters. The van der Waals surface area contributed by atoms with E-state index in [1.165, 1.54) is 0 Å². The molecule has 2 N–H and O–H groups in total. The summed E-state index contributed by atoms with van der Waals surface area (Å²) in [6, 6.07) is -0.0725. The number of carboxylic acids is 1. The van der Waals surface area contributed by atoms with E-state index in [0.29, 0.717) is 12.3 Å². The molecule has 0 fully saturated rings. The summed E-state index contributed by atoms with van der Waals surface area (Å²) in [7, 11) is 0. The van der Waals surface area contributed by atoms with Crippen molar-refractivity contribution in [3.63, 3.8) is 0 Å². The van der Waals surface area contributed by atoms with Crippen LogP contribution in [0.5, 0.6) is 0 Å². The second kappa shape index (κ2) is 8.09. The third kappa shape index (κ3) is 6.97. The molecule has 4 heteroatoms. The van der Waals surface area contributed by atoms with E-state index in [1.54, 1.807) is 0 Å². The molecule has 0 radical (unpaired) electrons. The summed E-state index contributed by atoms with van der Waals surface area (Å²) in [6.07, 6.45) is 2.45. The molecule has 0 aliphatic carbocycles. The SMILES string of the molecule is CCCC(C(=O)NC(C)CCC(=O)O)C(C)C. The van der Waals surface area contributed by atoms with Crippen molar-refractivity contribution in [2.75, 3.05) is 0 Å². The van der Waals surface area contributed by atoms with Crippen molar-refractivity contribution in [1.29, 1.82) is 0 Å². The van der Waals surface area contributed by atoms with Gasteiger partial charge in [-0.3, -0.25) is 9.59 Å². The van der Waals surface area contributed by atoms with Gasteiger partial charge in [0.15, 0.2) is 0 Å². The lowest BCUT2D eigenvalue weighted by Crippen LogP contribution is -2.39. The van der Waals surface area contributed by atoms with Gasteiger partial charge in [0, 0.05) is 18.4 Å². The highest BCUT2D eigenvalue weighted by Crippen LogP contribution is 2.17. The first-order valence-corrected chi connectivity index (χ1v) is 6.40. The maximum Gasteiger partial charge on any atom is 0.303 e. The summed E-state index contributed by atoms with van der Waals surface area (Å²) in [6.45, 7) is 8.00. The smallest absolute Gasteiger partial charge is 0.303 e. The molecule has 4 nitrogen and oxygen atoms in total. The van der Waals surface area contributed by atoms with Crippen LogP contribution in [0.4, 0.5) is 0 Å². The molecule has 0 saturated heterocycles. The fourth-order valence-corrected chi connectivity index (χ4v) is 1.84. The van der Waals surface area contributed by atoms with Crippen molar-refractivity contribution < 1.29 is 14.7 Å². The Balaban J connectivity index is 4.15. The van der Waals surface area contributed by atoms with Crippen molar-refractivity contribution in [3.05, 3.63) is 0 Å². The number of aliphatic carboxylic acids is 1. The largest absolute Gasteiger partial charge is 0.481 e. The second-order valence-electron chi connectivity index (χ2n) is 4.98. The zero-order chi connectivity index (χ0) is 13.4. The van der Waals surface area contributed by atoms with E-state index < -0.39 is 5.97 Å². The normalized spacial score (nSPS) is 14.4. The average Bonchev–Trinajstić information content (AvgIpc) is 2.22. The lowest BCUT2D eigenvalue weighted by atomic mass is 9.90. The number of rotatable bonds is 8. The van der Waals surface area contributed by atoms with Gasteiger partial charge in [0.25, 0.3) is 0 Å². The van der Waals surface area contributed by atoms with E-state index in [-0.39, 0.29) is 24.3 Å². The number of hydrogen-bond acceptors (Lipinski definition) is 2. The molecule has 0 aliphatic heterocycles. The molecule has 0 heterocycles. The Kier molecular flexibility index (Phi) is 7.59. The highest BCUT2D eigenvalue weighted by atomic mass is 16.4. The molecule has 0 bridgehead atoms. The van der Waals surface area contributed by atoms with Crippen LogP contribution in [0.2, 0.25) is 0 Å². The molecule has 2 atom stereocenters. The van der Waals surface area contributed by atoms with Crippen LogP contribution in [0, 0.1) is 11.8 Å². The molecular formula is C13H25NO3. The quantitative estimate of drug-likeness (QED) is 0.688. The standard InChI is InChI=1S/C13H25NO3/c1-5-6-11(9(2)3)13(17)14-10(4)7-8-12(15)16/h9-11H,5-8H2,1-4H3,(H,14,17)(H,15,16). The summed E-state index contributed by atoms with van der Waals surface area (Å²) >= 11 is 0. The van der Waals surface area contributed by atoms with Gasteiger partial charge < -0.3 is 10.4 Å². The molecule has 0 rings (SSSR count). The first-order chi connectivity index (χ1) is 7.88. The summed E-state index contributed by atoms with van der Waals surface area (Å²) in [4.78, 5) is 22.4. The number of amides is 1. The van der Waals surface area contributed by atoms with Gasteiger partial charge in [-0.05, 0) is 25.7 Å². The summed E-state index contributed by atoms with van der Waals surface area (Å²) in [5, 5.41) is 11.5. The van der Waals surface area contributed by atoms with Gasteiger partial charge in [0.2, 0.25) is 5.91 Å². The third-order valence-electron chi connectivity index (χ3n) is 2.92. The van der Waals surface area contributed by atoms with Crippen molar-refractivity contribution in [2.45, 2.75) is 59.4 Å². The lowest BCUT2D eigenvalue weighted by Gasteiger charge is -2.22. The monoisotopic (exact) mass is 243 g/mol. The van der Waals surface area contributed by atoms with Gasteiger partial charge in [0.1, 0.15) is 0 Å². The molecule has 100 valence electrons. The van der Waals surface area contributed by atoms with E-state index in [1.807, 2.05) is 20.8 Å². The van der Waals surface area contributed by atoms with Gasteiger partial charge in [-0.1, -0.05) is 27.2 Å². The van der Waals surface area contributed by atoms with Gasteiger partial charge in [-0.2, -0.15) is 0 Å². The van der Waals surface area contributed by atoms with Crippen LogP contribution in [0.1, 0.15) is 53.4 Å². The molecule has 17 heavy (non-hydrogen) atoms. The summed E-state index contributed by atoms with van der Waals surface area (Å²) in [5.74, 6) is -0.409. The molecule has 0 aromatic heterocycles. The molecule has 1 amide bonds. The van der Waals surface area contributed by atoms with E-state index in [2.05, 4.69) is 12.2 Å². The van der Waals surface area contributed by atoms with E-state index in [0.717, 1.165) is 12.8 Å². The number of carbonyl (C=O) groups excluding carboxylic acids is 1. The van der Waals surface area contributed by atoms with Crippen molar-refractivity contribution in [2.24, 2.45) is 11.8 Å². The van der Waals surface area contributed by atoms with Crippen LogP contribution in [0.25, 0.3) is 0 Å². The van der Waals surface area contributed by atoms with Crippen LogP contribution >= 0.6 is 0 Å². The molecule has 0 aromatic rings. The van der Waals surface area contributed by atoms with Gasteiger partial charge in [-0.15, -0.1) is 0 Å². The van der Waals surface area contributed by atoms with Crippen LogP contribution in [-0.2, 0) is 9.59 Å². The minimum absolute atomic E-state index is 0.0345. The fourth-order valence-electron chi connectivity index (χ4n) is 1.84. The lowest BCUT2D eigenvalue weighted by molar-refractivity contribution is -0.137. The molecule has 0 aromatic carbocycles. The minimum atomic E-state index is -0.819. The Hall–Kier alpha value is -1.06. The first-order valence-electron chi connectivity index (χ1n) is 6.40. The predicted octanol–water partition coefficient (Wildman–Crippen LogP) is 2.43. The first kappa shape index (κ1) is 15.9. The van der Waals surface area contributed by atoms with Crippen molar-refractivity contribution in [3.8, 4) is 0 Å². The molecular weight excluding hydrogens is 218 g/mol. The van der Waals surface area contributed by atoms with E-state index >= 15 is 0 Å². The highest BCUT2D eigenvalue weighted by molar-refractivity contribution is 5.79. The summed E-state index contributed by atoms with van der Waals surface area (Å²) < 4.78 is 0. The Morgan fingerprint density at radius 1 is 1.18 bits per heavy atom. The minimum Gasteiger partial charge on any atom is -0.481 e. The van der Waals surface area contributed by atoms with Gasteiger partial charge >= 0.3 is 5.97 Å². The number of carboxylic acid groups (broad SMARTS) is 1. The molecule has 0 saturated carbocycles. The maximum atomic E-state index is 12.0. The third-order valence-corrected chi connectivity index (χ3v) is 2.92. The number of nitrogens with one attached hydrogen (secondary N) is 1. The zero-order valence-electron chi connectivity index (χ0n) is 11.3. The molecule has 0 spiro atoms. The van der Waals surface area contributed by atoms with E-state index in [9.17, 15) is 9.59 Å². The zero-order valence-corrected chi connectivity index (χ0v) is 11.3. The fraction of sp³-hybridized carbons (Fsp3) is 0.846. The molecule has 0 aliphatic rings. The average molecular weight is 243 g/mol.